The zero-order valence-corrected chi connectivity index (χ0v) is 19.6. The summed E-state index contributed by atoms with van der Waals surface area (Å²) in [4.78, 5) is 25.4. The second-order valence-electron chi connectivity index (χ2n) is 6.89. The molecule has 1 aromatic heterocycles. The molecule has 4 rings (SSSR count). The van der Waals surface area contributed by atoms with Gasteiger partial charge in [0.1, 0.15) is 10.6 Å². The number of methoxy groups -OCH3 is 1. The molecule has 0 aliphatic heterocycles. The van der Waals surface area contributed by atoms with E-state index in [0.717, 1.165) is 15.6 Å². The number of hydrogen-bond donors (Lipinski definition) is 2. The molecule has 0 aliphatic carbocycles. The highest BCUT2D eigenvalue weighted by molar-refractivity contribution is 7.21. The van der Waals surface area contributed by atoms with Crippen molar-refractivity contribution >= 4 is 68.3 Å². The van der Waals surface area contributed by atoms with Crippen molar-refractivity contribution in [2.75, 3.05) is 12.4 Å². The molecule has 0 saturated carbocycles. The molecular formula is C24H17Cl2N3O3S. The number of thiophene rings is 1. The minimum absolute atomic E-state index is 0.336. The fraction of sp³-hybridized carbons (Fsp3) is 0.0417. The van der Waals surface area contributed by atoms with Crippen LogP contribution in [0.5, 0.6) is 5.75 Å². The topological polar surface area (TPSA) is 79.8 Å². The van der Waals surface area contributed by atoms with Gasteiger partial charge in [-0.2, -0.15) is 5.10 Å². The Hall–Kier alpha value is -3.39. The van der Waals surface area contributed by atoms with Crippen molar-refractivity contribution in [1.82, 2.24) is 5.43 Å². The molecule has 1 heterocycles. The number of hydrazone groups is 1. The highest BCUT2D eigenvalue weighted by atomic mass is 35.5. The Morgan fingerprint density at radius 2 is 1.79 bits per heavy atom. The average molecular weight is 498 g/mol. The lowest BCUT2D eigenvalue weighted by Gasteiger charge is -2.05. The fourth-order valence-electron chi connectivity index (χ4n) is 3.03. The van der Waals surface area contributed by atoms with Crippen molar-refractivity contribution in [1.29, 1.82) is 0 Å². The van der Waals surface area contributed by atoms with Crippen LogP contribution in [-0.2, 0) is 0 Å². The zero-order chi connectivity index (χ0) is 23.4. The molecule has 0 saturated heterocycles. The summed E-state index contributed by atoms with van der Waals surface area (Å²) in [5, 5.41) is 8.50. The number of amides is 2. The van der Waals surface area contributed by atoms with Gasteiger partial charge in [-0.15, -0.1) is 11.3 Å². The Morgan fingerprint density at radius 1 is 1.00 bits per heavy atom. The number of carbonyl (C=O) groups is 2. The van der Waals surface area contributed by atoms with Crippen molar-refractivity contribution in [3.63, 3.8) is 0 Å². The summed E-state index contributed by atoms with van der Waals surface area (Å²) in [7, 11) is 1.58. The molecule has 0 unspecified atom stereocenters. The van der Waals surface area contributed by atoms with Gasteiger partial charge in [-0.25, -0.2) is 5.43 Å². The molecule has 0 atom stereocenters. The fourth-order valence-corrected chi connectivity index (χ4v) is 4.72. The highest BCUT2D eigenvalue weighted by Crippen LogP contribution is 2.37. The maximum absolute atomic E-state index is 12.7. The van der Waals surface area contributed by atoms with Crippen LogP contribution < -0.4 is 15.5 Å². The van der Waals surface area contributed by atoms with Crippen LogP contribution in [0.15, 0.2) is 71.8 Å². The first kappa shape index (κ1) is 22.8. The summed E-state index contributed by atoms with van der Waals surface area (Å²) in [5.74, 6) is -0.0162. The molecule has 0 bridgehead atoms. The minimum atomic E-state index is -0.378. The van der Waals surface area contributed by atoms with E-state index in [0.29, 0.717) is 31.9 Å². The molecule has 33 heavy (non-hydrogen) atoms. The maximum Gasteiger partial charge on any atom is 0.271 e. The first-order chi connectivity index (χ1) is 15.9. The van der Waals surface area contributed by atoms with Gasteiger partial charge in [-0.05, 0) is 54.1 Å². The second kappa shape index (κ2) is 10.0. The molecule has 9 heteroatoms. The zero-order valence-electron chi connectivity index (χ0n) is 17.3. The number of carbonyl (C=O) groups excluding carboxylic acids is 2. The van der Waals surface area contributed by atoms with Gasteiger partial charge < -0.3 is 10.1 Å². The molecule has 0 radical (unpaired) electrons. The Balaban J connectivity index is 1.39. The molecular weight excluding hydrogens is 481 g/mol. The Morgan fingerprint density at radius 3 is 2.55 bits per heavy atom. The molecule has 2 N–H and O–H groups in total. The van der Waals surface area contributed by atoms with E-state index in [2.05, 4.69) is 15.8 Å². The Kier molecular flexibility index (Phi) is 6.93. The third kappa shape index (κ3) is 5.34. The lowest BCUT2D eigenvalue weighted by Crippen LogP contribution is -2.17. The lowest BCUT2D eigenvalue weighted by molar-refractivity contribution is 0.0954. The molecule has 0 spiro atoms. The monoisotopic (exact) mass is 497 g/mol. The van der Waals surface area contributed by atoms with E-state index in [1.165, 1.54) is 17.6 Å². The van der Waals surface area contributed by atoms with Crippen molar-refractivity contribution < 1.29 is 14.3 Å². The van der Waals surface area contributed by atoms with Crippen molar-refractivity contribution in [3.8, 4) is 5.75 Å². The van der Waals surface area contributed by atoms with Gasteiger partial charge in [-0.1, -0.05) is 41.4 Å². The summed E-state index contributed by atoms with van der Waals surface area (Å²) in [6.45, 7) is 0. The van der Waals surface area contributed by atoms with E-state index >= 15 is 0 Å². The number of anilines is 1. The molecule has 0 aliphatic rings. The standard InChI is InChI=1S/C24H17Cl2N3O3S/c1-32-18-4-2-3-14(11-18)13-27-29-23(30)15-5-8-17(9-6-15)28-24(31)22-21(26)19-10-7-16(25)12-20(19)33-22/h2-13H,1H3,(H,28,31)(H,29,30)/b27-13-. The van der Waals surface area contributed by atoms with Crippen LogP contribution in [0, 0.1) is 0 Å². The molecule has 3 aromatic carbocycles. The third-order valence-electron chi connectivity index (χ3n) is 4.68. The van der Waals surface area contributed by atoms with Crippen LogP contribution in [0.2, 0.25) is 10.0 Å². The van der Waals surface area contributed by atoms with Crippen LogP contribution in [0.1, 0.15) is 25.6 Å². The maximum atomic E-state index is 12.7. The van der Waals surface area contributed by atoms with Gasteiger partial charge in [0, 0.05) is 26.4 Å². The van der Waals surface area contributed by atoms with Crippen molar-refractivity contribution in [2.24, 2.45) is 5.10 Å². The smallest absolute Gasteiger partial charge is 0.271 e. The number of fused-ring (bicyclic) bond motifs is 1. The number of benzene rings is 3. The molecule has 0 fully saturated rings. The Labute approximate surface area is 203 Å². The normalized spacial score (nSPS) is 11.0. The van der Waals surface area contributed by atoms with Crippen molar-refractivity contribution in [3.05, 3.63) is 92.8 Å². The lowest BCUT2D eigenvalue weighted by atomic mass is 10.2. The predicted molar refractivity (Wildman–Crippen MR) is 134 cm³/mol. The van der Waals surface area contributed by atoms with E-state index in [-0.39, 0.29) is 11.8 Å². The van der Waals surface area contributed by atoms with Gasteiger partial charge in [-0.3, -0.25) is 9.59 Å². The number of nitrogens with zero attached hydrogens (tertiary/aromatic N) is 1. The number of hydrogen-bond acceptors (Lipinski definition) is 5. The quantitative estimate of drug-likeness (QED) is 0.244. The summed E-state index contributed by atoms with van der Waals surface area (Å²) >= 11 is 13.7. The largest absolute Gasteiger partial charge is 0.497 e. The SMILES string of the molecule is COc1cccc(/C=N\NC(=O)c2ccc(NC(=O)c3sc4cc(Cl)ccc4c3Cl)cc2)c1. The summed E-state index contributed by atoms with van der Waals surface area (Å²) in [6, 6.07) is 19.0. The Bertz CT molecular complexity index is 1370. The van der Waals surface area contributed by atoms with Crippen molar-refractivity contribution in [2.45, 2.75) is 0 Å². The van der Waals surface area contributed by atoms with E-state index in [4.69, 9.17) is 27.9 Å². The minimum Gasteiger partial charge on any atom is -0.497 e. The van der Waals surface area contributed by atoms with Crippen LogP contribution >= 0.6 is 34.5 Å². The van der Waals surface area contributed by atoms with Gasteiger partial charge in [0.2, 0.25) is 0 Å². The molecule has 6 nitrogen and oxygen atoms in total. The number of nitrogens with one attached hydrogen (secondary N) is 2. The third-order valence-corrected chi connectivity index (χ3v) is 6.57. The van der Waals surface area contributed by atoms with Gasteiger partial charge in [0.05, 0.1) is 18.3 Å². The van der Waals surface area contributed by atoms with E-state index < -0.39 is 0 Å². The number of ether oxygens (including phenoxy) is 1. The van der Waals surface area contributed by atoms with Gasteiger partial charge in [0.15, 0.2) is 0 Å². The van der Waals surface area contributed by atoms with Gasteiger partial charge in [0.25, 0.3) is 11.8 Å². The summed E-state index contributed by atoms with van der Waals surface area (Å²) in [6.07, 6.45) is 1.52. The number of halogens is 2. The second-order valence-corrected chi connectivity index (χ2v) is 8.76. The molecule has 166 valence electrons. The first-order valence-electron chi connectivity index (χ1n) is 9.71. The van der Waals surface area contributed by atoms with Gasteiger partial charge >= 0.3 is 0 Å². The first-order valence-corrected chi connectivity index (χ1v) is 11.3. The highest BCUT2D eigenvalue weighted by Gasteiger charge is 2.17. The van der Waals surface area contributed by atoms with E-state index in [9.17, 15) is 9.59 Å². The predicted octanol–water partition coefficient (Wildman–Crippen LogP) is 6.23. The van der Waals surface area contributed by atoms with Crippen LogP contribution in [0.3, 0.4) is 0 Å². The van der Waals surface area contributed by atoms with E-state index in [1.807, 2.05) is 18.2 Å². The summed E-state index contributed by atoms with van der Waals surface area (Å²) in [5.41, 5.74) is 4.18. The van der Waals surface area contributed by atoms with Crippen LogP contribution in [-0.4, -0.2) is 25.1 Å². The molecule has 4 aromatic rings. The molecule has 2 amide bonds. The van der Waals surface area contributed by atoms with Crippen LogP contribution in [0.4, 0.5) is 5.69 Å². The average Bonchev–Trinajstić information content (AvgIpc) is 3.15. The van der Waals surface area contributed by atoms with Crippen LogP contribution in [0.25, 0.3) is 10.1 Å². The van der Waals surface area contributed by atoms with E-state index in [1.54, 1.807) is 55.6 Å². The number of rotatable bonds is 6. The summed E-state index contributed by atoms with van der Waals surface area (Å²) < 4.78 is 5.99.